The zero-order chi connectivity index (χ0) is 26.8. The molecule has 2 heterocycles. The maximum absolute atomic E-state index is 9.66. The van der Waals surface area contributed by atoms with Crippen LogP contribution in [0.5, 0.6) is 23.0 Å². The van der Waals surface area contributed by atoms with Crippen LogP contribution in [0.3, 0.4) is 0 Å². The Morgan fingerprint density at radius 2 is 0.902 bits per heavy atom. The predicted molar refractivity (Wildman–Crippen MR) is 176 cm³/mol. The van der Waals surface area contributed by atoms with Gasteiger partial charge in [0.2, 0.25) is 0 Å². The summed E-state index contributed by atoms with van der Waals surface area (Å²) in [5, 5.41) is 45.3. The lowest BCUT2D eigenvalue weighted by Crippen LogP contribution is -2.18. The number of phenolic OH excluding ortho intramolecular Hbond substituents is 4. The molecule has 0 bridgehead atoms. The minimum absolute atomic E-state index is 0. The minimum Gasteiger partial charge on any atom is -0.504 e. The molecule has 0 aromatic heterocycles. The summed E-state index contributed by atoms with van der Waals surface area (Å²) in [6.07, 6.45) is 1.59. The molecule has 7 nitrogen and oxygen atoms in total. The van der Waals surface area contributed by atoms with E-state index in [2.05, 4.69) is 34.9 Å². The summed E-state index contributed by atoms with van der Waals surface area (Å²) in [5.41, 5.74) is 4.61. The minimum atomic E-state index is -0.0633. The summed E-state index contributed by atoms with van der Waals surface area (Å²) >= 11 is 3.27. The van der Waals surface area contributed by atoms with Gasteiger partial charge in [-0.1, -0.05) is 59.9 Å². The van der Waals surface area contributed by atoms with E-state index in [1.54, 1.807) is 47.8 Å². The molecule has 8 N–H and O–H groups in total. The molecule has 0 fully saturated rings. The van der Waals surface area contributed by atoms with Crippen LogP contribution in [0.15, 0.2) is 92.4 Å². The number of likely N-dealkylation sites (N-methyl/N-ethyl adjacent to an activating group) is 2. The molecule has 11 heteroatoms. The number of rotatable bonds is 2. The third kappa shape index (κ3) is 7.53. The summed E-state index contributed by atoms with van der Waals surface area (Å²) < 4.78 is 0. The summed E-state index contributed by atoms with van der Waals surface area (Å²) in [7, 11) is 3.88. The Labute approximate surface area is 269 Å². The SMILES string of the molecule is Br.Br.CNC1Cc2cc(O)c(O)cc2Sc2ccccc21.CNC1Cc2cc(O)c(O)cc2Sc2ccccc21.O. The van der Waals surface area contributed by atoms with Crippen molar-refractivity contribution in [2.24, 2.45) is 0 Å². The highest BCUT2D eigenvalue weighted by Crippen LogP contribution is 2.45. The third-order valence-corrected chi connectivity index (χ3v) is 9.27. The summed E-state index contributed by atoms with van der Waals surface area (Å²) in [6.45, 7) is 0. The molecule has 0 amide bonds. The van der Waals surface area contributed by atoms with Crippen LogP contribution in [-0.4, -0.2) is 40.0 Å². The molecule has 0 spiro atoms. The zero-order valence-electron chi connectivity index (χ0n) is 22.4. The highest BCUT2D eigenvalue weighted by molar-refractivity contribution is 8.93. The molecule has 2 atom stereocenters. The van der Waals surface area contributed by atoms with E-state index in [-0.39, 0.29) is 74.5 Å². The molecule has 6 rings (SSSR count). The van der Waals surface area contributed by atoms with Crippen molar-refractivity contribution in [3.63, 3.8) is 0 Å². The van der Waals surface area contributed by atoms with Gasteiger partial charge in [-0.15, -0.1) is 34.0 Å². The van der Waals surface area contributed by atoms with Gasteiger partial charge in [0.1, 0.15) is 0 Å². The maximum atomic E-state index is 9.66. The van der Waals surface area contributed by atoms with Gasteiger partial charge in [-0.05, 0) is 85.6 Å². The van der Waals surface area contributed by atoms with Gasteiger partial charge >= 0.3 is 0 Å². The number of fused-ring (bicyclic) bond motifs is 4. The van der Waals surface area contributed by atoms with Crippen LogP contribution in [-0.2, 0) is 12.8 Å². The Balaban J connectivity index is 0.000000267. The van der Waals surface area contributed by atoms with Gasteiger partial charge in [0.25, 0.3) is 0 Å². The molecule has 0 radical (unpaired) electrons. The number of phenols is 4. The van der Waals surface area contributed by atoms with E-state index in [0.29, 0.717) is 0 Å². The lowest BCUT2D eigenvalue weighted by molar-refractivity contribution is 0.401. The van der Waals surface area contributed by atoms with E-state index in [9.17, 15) is 20.4 Å². The van der Waals surface area contributed by atoms with Crippen molar-refractivity contribution in [3.05, 3.63) is 95.1 Å². The first kappa shape index (κ1) is 34.8. The highest BCUT2D eigenvalue weighted by Gasteiger charge is 2.24. The van der Waals surface area contributed by atoms with Gasteiger partial charge in [0.15, 0.2) is 23.0 Å². The Bertz CT molecular complexity index is 1380. The molecule has 0 saturated heterocycles. The molecular weight excluding hydrogens is 692 g/mol. The molecule has 4 aromatic carbocycles. The molecule has 4 aromatic rings. The van der Waals surface area contributed by atoms with Gasteiger partial charge in [0, 0.05) is 31.7 Å². The van der Waals surface area contributed by atoms with E-state index in [4.69, 9.17) is 0 Å². The molecule has 41 heavy (non-hydrogen) atoms. The van der Waals surface area contributed by atoms with E-state index in [1.807, 2.05) is 38.4 Å². The Hall–Kier alpha value is -2.38. The van der Waals surface area contributed by atoms with Gasteiger partial charge in [-0.3, -0.25) is 0 Å². The van der Waals surface area contributed by atoms with Crippen LogP contribution in [0.4, 0.5) is 0 Å². The van der Waals surface area contributed by atoms with E-state index < -0.39 is 0 Å². The first-order valence-corrected chi connectivity index (χ1v) is 14.0. The van der Waals surface area contributed by atoms with E-state index >= 15 is 0 Å². The maximum Gasteiger partial charge on any atom is 0.158 e. The van der Waals surface area contributed by atoms with Crippen LogP contribution >= 0.6 is 57.5 Å². The van der Waals surface area contributed by atoms with Crippen molar-refractivity contribution in [3.8, 4) is 23.0 Å². The van der Waals surface area contributed by atoms with Crippen molar-refractivity contribution in [1.82, 2.24) is 10.6 Å². The number of halogens is 2. The van der Waals surface area contributed by atoms with E-state index in [1.165, 1.54) is 20.9 Å². The Morgan fingerprint density at radius 1 is 0.561 bits per heavy atom. The second-order valence-electron chi connectivity index (χ2n) is 9.27. The molecule has 2 unspecified atom stereocenters. The second-order valence-corrected chi connectivity index (χ2v) is 11.4. The average molecular weight is 727 g/mol. The van der Waals surface area contributed by atoms with Crippen molar-refractivity contribution in [2.75, 3.05) is 14.1 Å². The molecule has 0 aliphatic carbocycles. The van der Waals surface area contributed by atoms with Gasteiger partial charge in [-0.2, -0.15) is 0 Å². The lowest BCUT2D eigenvalue weighted by atomic mass is 9.99. The highest BCUT2D eigenvalue weighted by atomic mass is 79.9. The van der Waals surface area contributed by atoms with Crippen LogP contribution in [0, 0.1) is 0 Å². The van der Waals surface area contributed by atoms with Crippen LogP contribution < -0.4 is 10.6 Å². The quantitative estimate of drug-likeness (QED) is 0.130. The topological polar surface area (TPSA) is 136 Å². The van der Waals surface area contributed by atoms with Gasteiger partial charge in [-0.25, -0.2) is 0 Å². The van der Waals surface area contributed by atoms with Crippen LogP contribution in [0.1, 0.15) is 34.3 Å². The fourth-order valence-corrected chi connectivity index (χ4v) is 7.16. The largest absolute Gasteiger partial charge is 0.504 e. The fraction of sp³-hybridized carbons (Fsp3) is 0.200. The first-order chi connectivity index (χ1) is 18.4. The zero-order valence-corrected chi connectivity index (χ0v) is 27.5. The smallest absolute Gasteiger partial charge is 0.158 e. The molecular formula is C30H34Br2N2O5S2. The van der Waals surface area contributed by atoms with Crippen molar-refractivity contribution < 1.29 is 25.9 Å². The summed E-state index contributed by atoms with van der Waals surface area (Å²) in [5.74, 6) is -0.237. The Kier molecular flexibility index (Phi) is 12.9. The van der Waals surface area contributed by atoms with Crippen molar-refractivity contribution >= 4 is 57.5 Å². The normalized spacial score (nSPS) is 16.1. The molecule has 2 aliphatic heterocycles. The number of aromatic hydroxyl groups is 4. The van der Waals surface area contributed by atoms with Crippen molar-refractivity contribution in [2.45, 2.75) is 44.5 Å². The first-order valence-electron chi connectivity index (χ1n) is 12.4. The monoisotopic (exact) mass is 724 g/mol. The average Bonchev–Trinajstić information content (AvgIpc) is 3.17. The number of hydrogen-bond donors (Lipinski definition) is 6. The number of hydrogen-bond acceptors (Lipinski definition) is 8. The number of benzene rings is 4. The fourth-order valence-electron chi connectivity index (χ4n) is 4.85. The lowest BCUT2D eigenvalue weighted by Gasteiger charge is -2.16. The van der Waals surface area contributed by atoms with Gasteiger partial charge in [0.05, 0.1) is 0 Å². The van der Waals surface area contributed by atoms with E-state index in [0.717, 1.165) is 33.8 Å². The number of nitrogens with one attached hydrogen (secondary N) is 2. The Morgan fingerprint density at radius 3 is 1.27 bits per heavy atom. The van der Waals surface area contributed by atoms with Crippen LogP contribution in [0.25, 0.3) is 0 Å². The third-order valence-electron chi connectivity index (χ3n) is 6.89. The predicted octanol–water partition coefficient (Wildman–Crippen LogP) is 6.46. The molecule has 220 valence electrons. The summed E-state index contributed by atoms with van der Waals surface area (Å²) in [6, 6.07) is 23.6. The standard InChI is InChI=1S/2C15H15NO2S.2BrH.H2O/c2*1-16-11-6-9-7-12(17)13(18)8-15(9)19-14-5-3-2-4-10(11)14;;;/h2*2-5,7-8,11,16-18H,6H2,1H3;2*1H;1H2. The van der Waals surface area contributed by atoms with Gasteiger partial charge < -0.3 is 36.5 Å². The second kappa shape index (κ2) is 15.2. The van der Waals surface area contributed by atoms with Crippen molar-refractivity contribution in [1.29, 1.82) is 0 Å². The molecule has 2 aliphatic rings. The van der Waals surface area contributed by atoms with Crippen LogP contribution in [0.2, 0.25) is 0 Å². The summed E-state index contributed by atoms with van der Waals surface area (Å²) in [4.78, 5) is 4.37. The molecule has 0 saturated carbocycles.